The number of ether oxygens (including phenoxy) is 2. The monoisotopic (exact) mass is 476 g/mol. The second-order valence-corrected chi connectivity index (χ2v) is 8.70. The van der Waals surface area contributed by atoms with Gasteiger partial charge in [0.25, 0.3) is 0 Å². The average Bonchev–Trinajstić information content (AvgIpc) is 3.33. The third-order valence-corrected chi connectivity index (χ3v) is 6.28. The van der Waals surface area contributed by atoms with Crippen LogP contribution in [0, 0.1) is 0 Å². The lowest BCUT2D eigenvalue weighted by atomic mass is 10.1. The number of hydrogen-bond acceptors (Lipinski definition) is 7. The Bertz CT molecular complexity index is 1130. The first-order valence-corrected chi connectivity index (χ1v) is 11.8. The van der Waals surface area contributed by atoms with Crippen LogP contribution in [0.4, 0.5) is 17.6 Å². The molecule has 2 aliphatic heterocycles. The second kappa shape index (κ2) is 10.2. The van der Waals surface area contributed by atoms with E-state index in [-0.39, 0.29) is 0 Å². The smallest absolute Gasteiger partial charge is 0.232 e. The Morgan fingerprint density at radius 2 is 1.62 bits per heavy atom. The molecule has 0 aliphatic carbocycles. The van der Waals surface area contributed by atoms with Gasteiger partial charge in [-0.15, -0.1) is 0 Å². The van der Waals surface area contributed by atoms with E-state index >= 15 is 0 Å². The molecule has 3 heterocycles. The molecule has 2 aromatic carbocycles. The van der Waals surface area contributed by atoms with E-state index in [9.17, 15) is 0 Å². The predicted molar refractivity (Wildman–Crippen MR) is 137 cm³/mol. The van der Waals surface area contributed by atoms with E-state index in [1.54, 1.807) is 7.11 Å². The second-order valence-electron chi connectivity index (χ2n) is 8.29. The summed E-state index contributed by atoms with van der Waals surface area (Å²) >= 11 is 5.54. The molecular formula is C25H28N6O2S. The van der Waals surface area contributed by atoms with Crippen LogP contribution in [0.2, 0.25) is 0 Å². The van der Waals surface area contributed by atoms with Crippen LogP contribution in [0.1, 0.15) is 16.7 Å². The number of morpholine rings is 1. The molecule has 3 aromatic rings. The molecule has 0 bridgehead atoms. The highest BCUT2D eigenvalue weighted by Gasteiger charge is 2.23. The predicted octanol–water partition coefficient (Wildman–Crippen LogP) is 3.33. The summed E-state index contributed by atoms with van der Waals surface area (Å²) in [5, 5.41) is 6.90. The number of fused-ring (bicyclic) bond motifs is 1. The largest absolute Gasteiger partial charge is 0.497 e. The van der Waals surface area contributed by atoms with E-state index in [2.05, 4.69) is 50.8 Å². The van der Waals surface area contributed by atoms with Crippen molar-refractivity contribution in [3.05, 3.63) is 71.3 Å². The van der Waals surface area contributed by atoms with Gasteiger partial charge < -0.3 is 29.9 Å². The molecule has 0 unspecified atom stereocenters. The Morgan fingerprint density at radius 1 is 0.971 bits per heavy atom. The van der Waals surface area contributed by atoms with Crippen molar-refractivity contribution >= 4 is 34.9 Å². The van der Waals surface area contributed by atoms with Gasteiger partial charge in [-0.3, -0.25) is 0 Å². The van der Waals surface area contributed by atoms with Crippen LogP contribution in [0.5, 0.6) is 5.75 Å². The van der Waals surface area contributed by atoms with Crippen molar-refractivity contribution in [1.29, 1.82) is 0 Å². The first-order valence-electron chi connectivity index (χ1n) is 11.4. The minimum Gasteiger partial charge on any atom is -0.497 e. The number of methoxy groups -OCH3 is 1. The van der Waals surface area contributed by atoms with Crippen LogP contribution >= 0.6 is 12.2 Å². The molecule has 8 nitrogen and oxygen atoms in total. The molecule has 9 heteroatoms. The first kappa shape index (κ1) is 22.4. The van der Waals surface area contributed by atoms with E-state index in [0.717, 1.165) is 49.1 Å². The van der Waals surface area contributed by atoms with Crippen molar-refractivity contribution in [1.82, 2.24) is 15.3 Å². The van der Waals surface area contributed by atoms with Gasteiger partial charge in [0, 0.05) is 38.8 Å². The van der Waals surface area contributed by atoms with E-state index in [1.165, 1.54) is 11.1 Å². The molecule has 34 heavy (non-hydrogen) atoms. The van der Waals surface area contributed by atoms with Gasteiger partial charge in [0.1, 0.15) is 17.4 Å². The van der Waals surface area contributed by atoms with Gasteiger partial charge in [-0.25, -0.2) is 0 Å². The number of benzene rings is 2. The summed E-state index contributed by atoms with van der Waals surface area (Å²) in [6.45, 7) is 5.24. The number of nitrogens with one attached hydrogen (secondary N) is 2. The molecule has 176 valence electrons. The summed E-state index contributed by atoms with van der Waals surface area (Å²) in [5.41, 5.74) is 3.77. The van der Waals surface area contributed by atoms with E-state index < -0.39 is 0 Å². The lowest BCUT2D eigenvalue weighted by Crippen LogP contribution is -2.37. The molecule has 0 amide bonds. The fourth-order valence-electron chi connectivity index (χ4n) is 4.16. The van der Waals surface area contributed by atoms with Crippen LogP contribution in [-0.2, 0) is 24.4 Å². The minimum atomic E-state index is 0.477. The van der Waals surface area contributed by atoms with Crippen molar-refractivity contribution in [3.8, 4) is 5.75 Å². The molecule has 5 rings (SSSR count). The van der Waals surface area contributed by atoms with E-state index in [4.69, 9.17) is 31.7 Å². The van der Waals surface area contributed by atoms with E-state index in [1.807, 2.05) is 24.3 Å². The van der Waals surface area contributed by atoms with Crippen molar-refractivity contribution in [2.24, 2.45) is 0 Å². The van der Waals surface area contributed by atoms with Crippen LogP contribution in [-0.4, -0.2) is 48.5 Å². The average molecular weight is 477 g/mol. The van der Waals surface area contributed by atoms with Crippen molar-refractivity contribution in [2.75, 3.05) is 48.5 Å². The fraction of sp³-hybridized carbons (Fsp3) is 0.320. The number of anilines is 3. The molecule has 0 saturated carbocycles. The van der Waals surface area contributed by atoms with Gasteiger partial charge in [0.05, 0.1) is 20.3 Å². The summed E-state index contributed by atoms with van der Waals surface area (Å²) in [6, 6.07) is 18.5. The van der Waals surface area contributed by atoms with Gasteiger partial charge in [0.2, 0.25) is 5.95 Å². The van der Waals surface area contributed by atoms with Gasteiger partial charge in [-0.2, -0.15) is 9.97 Å². The summed E-state index contributed by atoms with van der Waals surface area (Å²) in [5.74, 6) is 3.08. The molecule has 1 aromatic heterocycles. The van der Waals surface area contributed by atoms with Crippen LogP contribution in [0.25, 0.3) is 0 Å². The summed E-state index contributed by atoms with van der Waals surface area (Å²) < 4.78 is 10.7. The molecule has 0 atom stereocenters. The zero-order chi connectivity index (χ0) is 23.3. The standard InChI is InChI=1S/C25H28N6O2S/c1-32-21-8-6-18(7-9-21)15-26-25(34)29-24-27-22(30-10-12-33-13-11-30)14-23(28-24)31-16-19-4-2-3-5-20(19)17-31/h2-9,14H,10-13,15-17H2,1H3,(H2,26,27,28,29,34). The Hall–Kier alpha value is -3.43. The zero-order valence-electron chi connectivity index (χ0n) is 19.2. The normalized spacial score (nSPS) is 15.1. The number of rotatable bonds is 6. The lowest BCUT2D eigenvalue weighted by molar-refractivity contribution is 0.122. The third-order valence-electron chi connectivity index (χ3n) is 6.04. The number of aromatic nitrogens is 2. The van der Waals surface area contributed by atoms with E-state index in [0.29, 0.717) is 30.8 Å². The van der Waals surface area contributed by atoms with Gasteiger partial charge >= 0.3 is 0 Å². The Morgan fingerprint density at radius 3 is 2.26 bits per heavy atom. The Balaban J connectivity index is 1.32. The Kier molecular flexibility index (Phi) is 6.73. The Labute approximate surface area is 204 Å². The first-order chi connectivity index (χ1) is 16.7. The number of hydrogen-bond donors (Lipinski definition) is 2. The highest BCUT2D eigenvalue weighted by atomic mass is 32.1. The van der Waals surface area contributed by atoms with Crippen molar-refractivity contribution in [2.45, 2.75) is 19.6 Å². The summed E-state index contributed by atoms with van der Waals surface area (Å²) in [4.78, 5) is 14.1. The maximum Gasteiger partial charge on any atom is 0.232 e. The van der Waals surface area contributed by atoms with Crippen molar-refractivity contribution in [3.63, 3.8) is 0 Å². The number of nitrogens with zero attached hydrogens (tertiary/aromatic N) is 4. The van der Waals surface area contributed by atoms with Crippen LogP contribution in [0.15, 0.2) is 54.6 Å². The highest BCUT2D eigenvalue weighted by molar-refractivity contribution is 7.80. The maximum atomic E-state index is 5.54. The summed E-state index contributed by atoms with van der Waals surface area (Å²) in [7, 11) is 1.66. The zero-order valence-corrected chi connectivity index (χ0v) is 20.0. The SMILES string of the molecule is COc1ccc(CNC(=S)Nc2nc(N3CCOCC3)cc(N3Cc4ccccc4C3)n2)cc1. The molecule has 0 radical (unpaired) electrons. The van der Waals surface area contributed by atoms with Crippen molar-refractivity contribution < 1.29 is 9.47 Å². The third kappa shape index (κ3) is 5.21. The highest BCUT2D eigenvalue weighted by Crippen LogP contribution is 2.30. The maximum absolute atomic E-state index is 5.54. The van der Waals surface area contributed by atoms with Crippen LogP contribution in [0.3, 0.4) is 0 Å². The van der Waals surface area contributed by atoms with Gasteiger partial charge in [-0.05, 0) is 41.0 Å². The number of thiocarbonyl (C=S) groups is 1. The van der Waals surface area contributed by atoms with Gasteiger partial charge in [-0.1, -0.05) is 36.4 Å². The minimum absolute atomic E-state index is 0.477. The molecule has 0 spiro atoms. The molecule has 1 fully saturated rings. The molecule has 1 saturated heterocycles. The molecule has 2 N–H and O–H groups in total. The summed E-state index contributed by atoms with van der Waals surface area (Å²) in [6.07, 6.45) is 0. The fourth-order valence-corrected chi connectivity index (χ4v) is 4.32. The molecular weight excluding hydrogens is 448 g/mol. The lowest BCUT2D eigenvalue weighted by Gasteiger charge is -2.29. The molecule has 2 aliphatic rings. The quantitative estimate of drug-likeness (QED) is 0.521. The van der Waals surface area contributed by atoms with Gasteiger partial charge in [0.15, 0.2) is 5.11 Å². The topological polar surface area (TPSA) is 74.8 Å². The van der Waals surface area contributed by atoms with Crippen LogP contribution < -0.4 is 25.2 Å².